The molecule has 9 heteroatoms. The van der Waals surface area contributed by atoms with Gasteiger partial charge in [0, 0.05) is 42.8 Å². The molecule has 33 heavy (non-hydrogen) atoms. The highest BCUT2D eigenvalue weighted by Gasteiger charge is 2.27. The molecular weight excluding hydrogens is 439 g/mol. The van der Waals surface area contributed by atoms with Crippen molar-refractivity contribution in [3.8, 4) is 0 Å². The van der Waals surface area contributed by atoms with E-state index >= 15 is 0 Å². The molecule has 2 aromatic heterocycles. The van der Waals surface area contributed by atoms with Crippen molar-refractivity contribution in [3.05, 3.63) is 41.0 Å². The minimum absolute atomic E-state index is 0.00557. The quantitative estimate of drug-likeness (QED) is 0.494. The van der Waals surface area contributed by atoms with E-state index in [0.717, 1.165) is 37.9 Å². The Kier molecular flexibility index (Phi) is 7.60. The summed E-state index contributed by atoms with van der Waals surface area (Å²) in [5, 5.41) is 13.8. The van der Waals surface area contributed by atoms with E-state index in [9.17, 15) is 9.18 Å². The molecule has 0 spiro atoms. The molecule has 1 aliphatic heterocycles. The Hall–Kier alpha value is -2.52. The molecule has 4 rings (SSSR count). The number of likely N-dealkylation sites (N-methyl/N-ethyl adjacent to an activating group) is 1. The first-order chi connectivity index (χ1) is 15.9. The molecule has 1 amide bonds. The number of H-pyrrole nitrogens is 1. The predicted molar refractivity (Wildman–Crippen MR) is 132 cm³/mol. The normalized spacial score (nSPS) is 18.2. The zero-order valence-corrected chi connectivity index (χ0v) is 20.4. The number of nitrogens with zero attached hydrogens (tertiary/aromatic N) is 4. The van der Waals surface area contributed by atoms with E-state index in [1.165, 1.54) is 22.3 Å². The number of aromatic amines is 1. The van der Waals surface area contributed by atoms with E-state index in [-0.39, 0.29) is 18.0 Å². The van der Waals surface area contributed by atoms with Crippen molar-refractivity contribution in [2.75, 3.05) is 38.3 Å². The van der Waals surface area contributed by atoms with Crippen LogP contribution in [0.2, 0.25) is 0 Å². The second-order valence-corrected chi connectivity index (χ2v) is 10.3. The maximum atomic E-state index is 13.3. The van der Waals surface area contributed by atoms with Crippen LogP contribution in [0.4, 0.5) is 9.52 Å². The Morgan fingerprint density at radius 1 is 1.27 bits per heavy atom. The molecule has 2 N–H and O–H groups in total. The Balaban J connectivity index is 1.44. The number of alkyl halides is 1. The lowest BCUT2D eigenvalue weighted by atomic mass is 9.97. The Morgan fingerprint density at radius 3 is 2.88 bits per heavy atom. The molecule has 3 heterocycles. The lowest BCUT2D eigenvalue weighted by molar-refractivity contribution is 0.0932. The Morgan fingerprint density at radius 2 is 2.09 bits per heavy atom. The summed E-state index contributed by atoms with van der Waals surface area (Å²) in [5.74, 6) is 0.365. The van der Waals surface area contributed by atoms with Crippen LogP contribution in [-0.2, 0) is 6.42 Å². The summed E-state index contributed by atoms with van der Waals surface area (Å²) >= 11 is 1.28. The third kappa shape index (κ3) is 5.70. The van der Waals surface area contributed by atoms with Gasteiger partial charge in [-0.25, -0.2) is 4.39 Å². The summed E-state index contributed by atoms with van der Waals surface area (Å²) < 4.78 is 13.3. The van der Waals surface area contributed by atoms with Gasteiger partial charge in [0.2, 0.25) is 10.1 Å². The maximum absolute atomic E-state index is 13.3. The van der Waals surface area contributed by atoms with E-state index < -0.39 is 6.67 Å². The average molecular weight is 473 g/mol. The van der Waals surface area contributed by atoms with Crippen molar-refractivity contribution >= 4 is 33.3 Å². The third-order valence-electron chi connectivity index (χ3n) is 6.40. The van der Waals surface area contributed by atoms with Gasteiger partial charge in [-0.15, -0.1) is 10.2 Å². The fourth-order valence-corrected chi connectivity index (χ4v) is 5.08. The van der Waals surface area contributed by atoms with Crippen LogP contribution in [-0.4, -0.2) is 71.4 Å². The third-order valence-corrected chi connectivity index (χ3v) is 7.39. The van der Waals surface area contributed by atoms with Crippen LogP contribution in [0.25, 0.3) is 10.9 Å². The molecular formula is C24H33FN6OS. The molecule has 3 aromatic rings. The summed E-state index contributed by atoms with van der Waals surface area (Å²) in [4.78, 5) is 20.4. The SMILES string of the molecule is CC(C)CCC(Cc1c[nH]c2ccccc12)NC(=O)c1nnc(N2CCN(C)C(CF)C2)s1. The highest BCUT2D eigenvalue weighted by atomic mass is 32.1. The van der Waals surface area contributed by atoms with Crippen LogP contribution in [0, 0.1) is 5.92 Å². The van der Waals surface area contributed by atoms with Crippen LogP contribution in [0.1, 0.15) is 42.1 Å². The molecule has 2 atom stereocenters. The largest absolute Gasteiger partial charge is 0.361 e. The smallest absolute Gasteiger partial charge is 0.282 e. The molecule has 1 fully saturated rings. The zero-order valence-electron chi connectivity index (χ0n) is 19.6. The lowest BCUT2D eigenvalue weighted by Gasteiger charge is -2.37. The van der Waals surface area contributed by atoms with Crippen molar-refractivity contribution in [1.29, 1.82) is 0 Å². The molecule has 1 aliphatic rings. The maximum Gasteiger partial charge on any atom is 0.282 e. The average Bonchev–Trinajstić information content (AvgIpc) is 3.46. The van der Waals surface area contributed by atoms with Gasteiger partial charge in [-0.1, -0.05) is 43.4 Å². The number of nitrogens with one attached hydrogen (secondary N) is 2. The predicted octanol–water partition coefficient (Wildman–Crippen LogP) is 3.89. The van der Waals surface area contributed by atoms with Crippen LogP contribution in [0.5, 0.6) is 0 Å². The number of fused-ring (bicyclic) bond motifs is 1. The summed E-state index contributed by atoms with van der Waals surface area (Å²) in [6.45, 7) is 6.06. The number of amides is 1. The number of anilines is 1. The second kappa shape index (κ2) is 10.6. The van der Waals surface area contributed by atoms with Crippen molar-refractivity contribution in [2.24, 2.45) is 5.92 Å². The highest BCUT2D eigenvalue weighted by Crippen LogP contribution is 2.24. The van der Waals surface area contributed by atoms with E-state index in [1.54, 1.807) is 0 Å². The number of rotatable bonds is 9. The molecule has 178 valence electrons. The number of hydrogen-bond acceptors (Lipinski definition) is 6. The van der Waals surface area contributed by atoms with E-state index in [0.29, 0.717) is 22.6 Å². The molecule has 1 saturated heterocycles. The Bertz CT molecular complexity index is 1070. The fraction of sp³-hybridized carbons (Fsp3) is 0.542. The lowest BCUT2D eigenvalue weighted by Crippen LogP contribution is -2.52. The van der Waals surface area contributed by atoms with Gasteiger partial charge >= 0.3 is 0 Å². The van der Waals surface area contributed by atoms with Crippen LogP contribution < -0.4 is 10.2 Å². The van der Waals surface area contributed by atoms with Gasteiger partial charge in [-0.3, -0.25) is 9.69 Å². The van der Waals surface area contributed by atoms with Crippen molar-refractivity contribution < 1.29 is 9.18 Å². The van der Waals surface area contributed by atoms with E-state index in [2.05, 4.69) is 46.5 Å². The second-order valence-electron chi connectivity index (χ2n) is 9.33. The minimum atomic E-state index is -0.398. The Labute approximate surface area is 198 Å². The molecule has 0 saturated carbocycles. The topological polar surface area (TPSA) is 77.1 Å². The molecule has 0 aliphatic carbocycles. The molecule has 2 unspecified atom stereocenters. The number of piperazine rings is 1. The van der Waals surface area contributed by atoms with Gasteiger partial charge in [0.1, 0.15) is 6.67 Å². The van der Waals surface area contributed by atoms with Crippen molar-refractivity contribution in [1.82, 2.24) is 25.4 Å². The van der Waals surface area contributed by atoms with Gasteiger partial charge in [0.15, 0.2) is 0 Å². The standard InChI is InChI=1S/C24H33FN6OS/c1-16(2)8-9-18(12-17-14-26-21-7-5-4-6-20(17)21)27-22(32)23-28-29-24(33-23)31-11-10-30(3)19(13-25)15-31/h4-7,14,16,18-19,26H,8-13,15H2,1-3H3,(H,27,32). The summed E-state index contributed by atoms with van der Waals surface area (Å²) in [5.41, 5.74) is 2.31. The first kappa shape index (κ1) is 23.6. The summed E-state index contributed by atoms with van der Waals surface area (Å²) in [6.07, 6.45) is 4.72. The number of carbonyl (C=O) groups excluding carboxylic acids is 1. The highest BCUT2D eigenvalue weighted by molar-refractivity contribution is 7.17. The number of carbonyl (C=O) groups is 1. The van der Waals surface area contributed by atoms with Gasteiger partial charge in [0.25, 0.3) is 5.91 Å². The van der Waals surface area contributed by atoms with Gasteiger partial charge in [0.05, 0.1) is 6.04 Å². The van der Waals surface area contributed by atoms with Crippen LogP contribution in [0.15, 0.2) is 30.5 Å². The van der Waals surface area contributed by atoms with Crippen LogP contribution in [0.3, 0.4) is 0 Å². The molecule has 1 aromatic carbocycles. The first-order valence-corrected chi connectivity index (χ1v) is 12.5. The monoisotopic (exact) mass is 472 g/mol. The fourth-order valence-electron chi connectivity index (χ4n) is 4.29. The van der Waals surface area contributed by atoms with Gasteiger partial charge in [-0.05, 0) is 43.9 Å². The molecule has 7 nitrogen and oxygen atoms in total. The van der Waals surface area contributed by atoms with Gasteiger partial charge in [-0.2, -0.15) is 0 Å². The van der Waals surface area contributed by atoms with Crippen molar-refractivity contribution in [3.63, 3.8) is 0 Å². The molecule has 0 radical (unpaired) electrons. The minimum Gasteiger partial charge on any atom is -0.361 e. The number of para-hydroxylation sites is 1. The van der Waals surface area contributed by atoms with Crippen molar-refractivity contribution in [2.45, 2.75) is 45.2 Å². The first-order valence-electron chi connectivity index (χ1n) is 11.6. The van der Waals surface area contributed by atoms with E-state index in [1.807, 2.05) is 35.2 Å². The summed E-state index contributed by atoms with van der Waals surface area (Å²) in [6, 6.07) is 8.08. The van der Waals surface area contributed by atoms with Crippen LogP contribution >= 0.6 is 11.3 Å². The number of halogens is 1. The number of aromatic nitrogens is 3. The van der Waals surface area contributed by atoms with E-state index in [4.69, 9.17) is 0 Å². The van der Waals surface area contributed by atoms with Gasteiger partial charge < -0.3 is 15.2 Å². The molecule has 0 bridgehead atoms. The zero-order chi connectivity index (χ0) is 23.4. The number of benzene rings is 1. The number of hydrogen-bond donors (Lipinski definition) is 2. The summed E-state index contributed by atoms with van der Waals surface area (Å²) in [7, 11) is 1.94.